The normalized spacial score (nSPS) is 13.9. The summed E-state index contributed by atoms with van der Waals surface area (Å²) >= 11 is 0. The van der Waals surface area contributed by atoms with Crippen LogP contribution in [0.15, 0.2) is 40.8 Å². The predicted molar refractivity (Wildman–Crippen MR) is 107 cm³/mol. The highest BCUT2D eigenvalue weighted by atomic mass is 16.5. The van der Waals surface area contributed by atoms with Gasteiger partial charge >= 0.3 is 5.97 Å². The molecule has 3 rings (SSSR count). The minimum Gasteiger partial charge on any atom is -0.456 e. The molecule has 0 radical (unpaired) electrons. The molecule has 1 N–H and O–H groups in total. The zero-order valence-corrected chi connectivity index (χ0v) is 17.3. The number of Topliss-reactive ketones (excluding diaryl/α,β-unsaturated/α-hetero) is 1. The Morgan fingerprint density at radius 3 is 2.19 bits per heavy atom. The summed E-state index contributed by atoms with van der Waals surface area (Å²) in [5.41, 5.74) is 0.452. The van der Waals surface area contributed by atoms with Crippen molar-refractivity contribution in [2.75, 3.05) is 6.61 Å². The van der Waals surface area contributed by atoms with E-state index in [0.29, 0.717) is 5.76 Å². The maximum absolute atomic E-state index is 12.7. The van der Waals surface area contributed by atoms with Gasteiger partial charge in [0.15, 0.2) is 12.4 Å². The van der Waals surface area contributed by atoms with Crippen LogP contribution < -0.4 is 5.32 Å². The number of furan rings is 1. The first-order chi connectivity index (χ1) is 14.7. The van der Waals surface area contributed by atoms with Crippen LogP contribution >= 0.6 is 0 Å². The van der Waals surface area contributed by atoms with Gasteiger partial charge in [0, 0.05) is 6.92 Å². The highest BCUT2D eigenvalue weighted by Crippen LogP contribution is 2.27. The van der Waals surface area contributed by atoms with E-state index in [1.165, 1.54) is 31.2 Å². The van der Waals surface area contributed by atoms with Crippen molar-refractivity contribution in [3.8, 4) is 0 Å². The molecule has 9 heteroatoms. The van der Waals surface area contributed by atoms with Crippen LogP contribution in [0.25, 0.3) is 0 Å². The molecule has 1 aromatic heterocycles. The van der Waals surface area contributed by atoms with E-state index in [-0.39, 0.29) is 29.3 Å². The number of rotatable bonds is 8. The molecular formula is C22H22N2O7. The molecule has 0 saturated carbocycles. The lowest BCUT2D eigenvalue weighted by molar-refractivity contribution is -0.148. The van der Waals surface area contributed by atoms with Gasteiger partial charge in [-0.05, 0) is 30.2 Å². The number of amides is 3. The number of hydrogen-bond donors (Lipinski definition) is 1. The predicted octanol–water partition coefficient (Wildman–Crippen LogP) is 1.96. The third-order valence-corrected chi connectivity index (χ3v) is 4.77. The van der Waals surface area contributed by atoms with E-state index in [2.05, 4.69) is 5.32 Å². The maximum atomic E-state index is 12.7. The van der Waals surface area contributed by atoms with E-state index >= 15 is 0 Å². The minimum atomic E-state index is -1.17. The largest absolute Gasteiger partial charge is 0.456 e. The first kappa shape index (κ1) is 21.9. The molecule has 2 aromatic rings. The number of carbonyl (C=O) groups excluding carboxylic acids is 5. The summed E-state index contributed by atoms with van der Waals surface area (Å²) < 4.78 is 10.5. The Kier molecular flexibility index (Phi) is 6.33. The summed E-state index contributed by atoms with van der Waals surface area (Å²) in [6.45, 7) is 4.22. The SMILES string of the molecule is CC(=O)NCc1ccc(C(=O)COC(=O)C(C(C)C)N2C(=O)c3ccccc3C2=O)o1. The van der Waals surface area contributed by atoms with Crippen molar-refractivity contribution in [3.63, 3.8) is 0 Å². The molecular weight excluding hydrogens is 404 g/mol. The molecule has 31 heavy (non-hydrogen) atoms. The van der Waals surface area contributed by atoms with Gasteiger partial charge in [-0.2, -0.15) is 0 Å². The van der Waals surface area contributed by atoms with E-state index in [1.807, 2.05) is 0 Å². The molecule has 0 aliphatic carbocycles. The second kappa shape index (κ2) is 8.95. The van der Waals surface area contributed by atoms with Gasteiger partial charge in [0.05, 0.1) is 17.7 Å². The van der Waals surface area contributed by atoms with Gasteiger partial charge in [0.1, 0.15) is 11.8 Å². The van der Waals surface area contributed by atoms with Crippen molar-refractivity contribution in [2.45, 2.75) is 33.4 Å². The lowest BCUT2D eigenvalue weighted by Gasteiger charge is -2.27. The number of nitrogens with zero attached hydrogens (tertiary/aromatic N) is 1. The van der Waals surface area contributed by atoms with Gasteiger partial charge in [0.25, 0.3) is 11.8 Å². The van der Waals surface area contributed by atoms with Gasteiger partial charge in [-0.25, -0.2) is 4.79 Å². The second-order valence-corrected chi connectivity index (χ2v) is 7.42. The van der Waals surface area contributed by atoms with Crippen LogP contribution in [0.5, 0.6) is 0 Å². The first-order valence-corrected chi connectivity index (χ1v) is 9.70. The Morgan fingerprint density at radius 2 is 1.65 bits per heavy atom. The summed E-state index contributed by atoms with van der Waals surface area (Å²) in [6.07, 6.45) is 0. The number of esters is 1. The van der Waals surface area contributed by atoms with Crippen LogP contribution in [0.1, 0.15) is 57.8 Å². The number of ether oxygens (including phenoxy) is 1. The third-order valence-electron chi connectivity index (χ3n) is 4.77. The van der Waals surface area contributed by atoms with Crippen molar-refractivity contribution in [2.24, 2.45) is 5.92 Å². The molecule has 162 valence electrons. The standard InChI is InChI=1S/C22H22N2O7/c1-12(2)19(24-20(27)15-6-4-5-7-16(15)21(24)28)22(29)30-11-17(26)18-9-8-14(31-18)10-23-13(3)25/h4-9,12,19H,10-11H2,1-3H3,(H,23,25). The number of nitrogens with one attached hydrogen (secondary N) is 1. The summed E-state index contributed by atoms with van der Waals surface area (Å²) in [6, 6.07) is 8.09. The third kappa shape index (κ3) is 4.55. The lowest BCUT2D eigenvalue weighted by atomic mass is 10.0. The fraction of sp³-hybridized carbons (Fsp3) is 0.318. The van der Waals surface area contributed by atoms with Crippen molar-refractivity contribution < 1.29 is 33.1 Å². The second-order valence-electron chi connectivity index (χ2n) is 7.42. The molecule has 0 bridgehead atoms. The minimum absolute atomic E-state index is 0.0324. The average molecular weight is 426 g/mol. The monoisotopic (exact) mass is 426 g/mol. The van der Waals surface area contributed by atoms with Crippen LogP contribution in [0.3, 0.4) is 0 Å². The smallest absolute Gasteiger partial charge is 0.330 e. The van der Waals surface area contributed by atoms with Crippen LogP contribution in [0.2, 0.25) is 0 Å². The number of carbonyl (C=O) groups is 5. The van der Waals surface area contributed by atoms with Crippen LogP contribution in [-0.4, -0.2) is 47.0 Å². The average Bonchev–Trinajstić information content (AvgIpc) is 3.30. The molecule has 1 aliphatic heterocycles. The molecule has 3 amide bonds. The molecule has 2 heterocycles. The molecule has 9 nitrogen and oxygen atoms in total. The number of benzene rings is 1. The molecule has 0 fully saturated rings. The van der Waals surface area contributed by atoms with Gasteiger partial charge in [-0.3, -0.25) is 24.1 Å². The first-order valence-electron chi connectivity index (χ1n) is 9.70. The van der Waals surface area contributed by atoms with E-state index in [4.69, 9.17) is 9.15 Å². The van der Waals surface area contributed by atoms with E-state index in [1.54, 1.807) is 26.0 Å². The summed E-state index contributed by atoms with van der Waals surface area (Å²) in [5.74, 6) is -2.93. The quantitative estimate of drug-likeness (QED) is 0.389. The molecule has 1 aromatic carbocycles. The Hall–Kier alpha value is -3.75. The Labute approximate surface area is 178 Å². The molecule has 1 aliphatic rings. The Morgan fingerprint density at radius 1 is 1.03 bits per heavy atom. The molecule has 0 spiro atoms. The van der Waals surface area contributed by atoms with Crippen molar-refractivity contribution in [3.05, 3.63) is 59.0 Å². The fourth-order valence-corrected chi connectivity index (χ4v) is 3.26. The van der Waals surface area contributed by atoms with Gasteiger partial charge in [-0.1, -0.05) is 26.0 Å². The lowest BCUT2D eigenvalue weighted by Crippen LogP contribution is -2.49. The van der Waals surface area contributed by atoms with Crippen molar-refractivity contribution in [1.82, 2.24) is 10.2 Å². The van der Waals surface area contributed by atoms with E-state index < -0.39 is 42.1 Å². The zero-order chi connectivity index (χ0) is 22.7. The van der Waals surface area contributed by atoms with E-state index in [9.17, 15) is 24.0 Å². The molecule has 1 atom stereocenters. The highest BCUT2D eigenvalue weighted by molar-refractivity contribution is 6.22. The molecule has 0 saturated heterocycles. The topological polar surface area (TPSA) is 123 Å². The Bertz CT molecular complexity index is 1020. The molecule has 1 unspecified atom stereocenters. The Balaban J connectivity index is 1.67. The van der Waals surface area contributed by atoms with Crippen molar-refractivity contribution >= 4 is 29.5 Å². The summed E-state index contributed by atoms with van der Waals surface area (Å²) in [5, 5.41) is 2.54. The zero-order valence-electron chi connectivity index (χ0n) is 17.3. The number of imide groups is 1. The number of hydrogen-bond acceptors (Lipinski definition) is 7. The van der Waals surface area contributed by atoms with Gasteiger partial charge < -0.3 is 14.5 Å². The van der Waals surface area contributed by atoms with Gasteiger partial charge in [-0.15, -0.1) is 0 Å². The van der Waals surface area contributed by atoms with Crippen molar-refractivity contribution in [1.29, 1.82) is 0 Å². The number of ketones is 1. The summed E-state index contributed by atoms with van der Waals surface area (Å²) in [4.78, 5) is 62.3. The number of fused-ring (bicyclic) bond motifs is 1. The van der Waals surface area contributed by atoms with Crippen LogP contribution in [-0.2, 0) is 20.9 Å². The maximum Gasteiger partial charge on any atom is 0.330 e. The summed E-state index contributed by atoms with van der Waals surface area (Å²) in [7, 11) is 0. The van der Waals surface area contributed by atoms with E-state index in [0.717, 1.165) is 4.90 Å². The van der Waals surface area contributed by atoms with Crippen LogP contribution in [0.4, 0.5) is 0 Å². The van der Waals surface area contributed by atoms with Crippen LogP contribution in [0, 0.1) is 5.92 Å². The fourth-order valence-electron chi connectivity index (χ4n) is 3.26. The van der Waals surface area contributed by atoms with Gasteiger partial charge in [0.2, 0.25) is 11.7 Å². The highest BCUT2D eigenvalue weighted by Gasteiger charge is 2.44.